The number of hydrogen-bond acceptors (Lipinski definition) is 3. The first kappa shape index (κ1) is 18.2. The second kappa shape index (κ2) is 5.89. The van der Waals surface area contributed by atoms with Crippen molar-refractivity contribution in [3.8, 4) is 0 Å². The maximum Gasteiger partial charge on any atom is 0.291 e. The number of carbonyl (C=O) groups excluding carboxylic acids is 3. The minimum atomic E-state index is -1.05. The van der Waals surface area contributed by atoms with Gasteiger partial charge in [0.15, 0.2) is 0 Å². The van der Waals surface area contributed by atoms with Crippen molar-refractivity contribution in [1.82, 2.24) is 4.90 Å². The molecule has 3 heterocycles. The highest BCUT2D eigenvalue weighted by Crippen LogP contribution is 2.50. The standard InChI is InChI=1S/C21H27N3O3/c1-6-12(5)24-18(25)15-16(19(24)26)21(23-17(15)10(2)3)13-9-11(4)7-8-14(13)22-20(21)27/h7-10,12,15-17,23H,6H2,1-5H3,(H,22,27)/p+1/t12-,15+,16+,17-,21-/m1/s1. The lowest BCUT2D eigenvalue weighted by molar-refractivity contribution is -0.738. The van der Waals surface area contributed by atoms with Crippen LogP contribution in [0.25, 0.3) is 0 Å². The van der Waals surface area contributed by atoms with Crippen LogP contribution in [0.1, 0.15) is 45.2 Å². The van der Waals surface area contributed by atoms with Crippen molar-refractivity contribution in [3.63, 3.8) is 0 Å². The van der Waals surface area contributed by atoms with Gasteiger partial charge >= 0.3 is 0 Å². The number of imide groups is 1. The fourth-order valence-corrected chi connectivity index (χ4v) is 5.25. The number of likely N-dealkylation sites (tertiary alicyclic amines) is 1. The van der Waals surface area contributed by atoms with Crippen LogP contribution in [-0.4, -0.2) is 34.7 Å². The molecule has 1 spiro atoms. The monoisotopic (exact) mass is 370 g/mol. The number of aryl methyl sites for hydroxylation is 1. The SMILES string of the molecule is CC[C@@H](C)N1C(=O)[C@@H]2[C@@H](C(C)C)[NH2+][C@@]3(C(=O)Nc4ccc(C)cc43)[C@@H]2C1=O. The number of amides is 3. The number of nitrogens with one attached hydrogen (secondary N) is 1. The zero-order valence-corrected chi connectivity index (χ0v) is 16.6. The summed E-state index contributed by atoms with van der Waals surface area (Å²) in [6.07, 6.45) is 0.710. The van der Waals surface area contributed by atoms with E-state index in [4.69, 9.17) is 0 Å². The van der Waals surface area contributed by atoms with Gasteiger partial charge in [0.2, 0.25) is 17.4 Å². The first-order valence-corrected chi connectivity index (χ1v) is 9.89. The summed E-state index contributed by atoms with van der Waals surface area (Å²) in [5, 5.41) is 4.98. The predicted molar refractivity (Wildman–Crippen MR) is 101 cm³/mol. The van der Waals surface area contributed by atoms with Crippen molar-refractivity contribution in [2.24, 2.45) is 17.8 Å². The molecule has 3 N–H and O–H groups in total. The van der Waals surface area contributed by atoms with E-state index in [0.29, 0.717) is 6.42 Å². The van der Waals surface area contributed by atoms with Gasteiger partial charge in [-0.1, -0.05) is 32.4 Å². The summed E-state index contributed by atoms with van der Waals surface area (Å²) in [6, 6.07) is 5.60. The molecule has 1 aromatic carbocycles. The lowest BCUT2D eigenvalue weighted by Crippen LogP contribution is -2.99. The molecule has 1 aromatic rings. The Morgan fingerprint density at radius 3 is 2.52 bits per heavy atom. The van der Waals surface area contributed by atoms with Crippen LogP contribution in [0.4, 0.5) is 5.69 Å². The summed E-state index contributed by atoms with van der Waals surface area (Å²) < 4.78 is 0. The molecule has 6 heteroatoms. The van der Waals surface area contributed by atoms with Gasteiger partial charge in [-0.05, 0) is 32.4 Å². The molecular formula is C21H28N3O3+. The van der Waals surface area contributed by atoms with E-state index in [0.717, 1.165) is 16.8 Å². The van der Waals surface area contributed by atoms with Crippen molar-refractivity contribution in [2.75, 3.05) is 5.32 Å². The van der Waals surface area contributed by atoms with E-state index in [2.05, 4.69) is 19.2 Å². The molecule has 2 fully saturated rings. The lowest BCUT2D eigenvalue weighted by Gasteiger charge is -2.29. The average Bonchev–Trinajstić information content (AvgIpc) is 3.20. The second-order valence-corrected chi connectivity index (χ2v) is 8.67. The minimum absolute atomic E-state index is 0.0993. The number of nitrogens with zero attached hydrogens (tertiary/aromatic N) is 1. The maximum atomic E-state index is 13.5. The molecule has 3 aliphatic heterocycles. The largest absolute Gasteiger partial charge is 0.326 e. The van der Waals surface area contributed by atoms with Crippen molar-refractivity contribution in [2.45, 2.75) is 58.7 Å². The van der Waals surface area contributed by atoms with Gasteiger partial charge in [-0.25, -0.2) is 0 Å². The van der Waals surface area contributed by atoms with Crippen LogP contribution in [0.3, 0.4) is 0 Å². The molecule has 4 rings (SSSR count). The van der Waals surface area contributed by atoms with Crippen LogP contribution >= 0.6 is 0 Å². The van der Waals surface area contributed by atoms with Crippen LogP contribution in [0, 0.1) is 24.7 Å². The molecule has 0 saturated carbocycles. The quantitative estimate of drug-likeness (QED) is 0.783. The Kier molecular flexibility index (Phi) is 3.97. The van der Waals surface area contributed by atoms with Gasteiger partial charge in [-0.15, -0.1) is 0 Å². The van der Waals surface area contributed by atoms with Gasteiger partial charge in [0.05, 0.1) is 5.69 Å². The third-order valence-corrected chi connectivity index (χ3v) is 6.79. The fourth-order valence-electron chi connectivity index (χ4n) is 5.25. The van der Waals surface area contributed by atoms with E-state index in [1.54, 1.807) is 0 Å². The average molecular weight is 370 g/mol. The summed E-state index contributed by atoms with van der Waals surface area (Å²) in [4.78, 5) is 41.4. The van der Waals surface area contributed by atoms with E-state index in [-0.39, 0.29) is 35.7 Å². The molecule has 0 unspecified atom stereocenters. The number of benzene rings is 1. The molecule has 3 aliphatic rings. The Morgan fingerprint density at radius 2 is 1.89 bits per heavy atom. The van der Waals surface area contributed by atoms with Gasteiger partial charge in [0.25, 0.3) is 5.91 Å². The molecule has 0 aliphatic carbocycles. The third kappa shape index (κ3) is 2.19. The molecular weight excluding hydrogens is 342 g/mol. The molecule has 0 aromatic heterocycles. The van der Waals surface area contributed by atoms with Crippen LogP contribution in [-0.2, 0) is 19.9 Å². The summed E-state index contributed by atoms with van der Waals surface area (Å²) >= 11 is 0. The molecule has 0 bridgehead atoms. The van der Waals surface area contributed by atoms with E-state index in [1.165, 1.54) is 4.90 Å². The summed E-state index contributed by atoms with van der Waals surface area (Å²) in [6.45, 7) is 9.98. The Balaban J connectivity index is 1.92. The van der Waals surface area contributed by atoms with Gasteiger partial charge in [-0.2, -0.15) is 0 Å². The smallest absolute Gasteiger partial charge is 0.291 e. The first-order valence-electron chi connectivity index (χ1n) is 9.89. The summed E-state index contributed by atoms with van der Waals surface area (Å²) in [5.74, 6) is -1.40. The number of anilines is 1. The molecule has 144 valence electrons. The first-order chi connectivity index (χ1) is 12.7. The number of quaternary nitrogens is 1. The van der Waals surface area contributed by atoms with Gasteiger partial charge < -0.3 is 10.6 Å². The summed E-state index contributed by atoms with van der Waals surface area (Å²) in [7, 11) is 0. The van der Waals surface area contributed by atoms with Crippen molar-refractivity contribution >= 4 is 23.4 Å². The number of hydrogen-bond donors (Lipinski definition) is 2. The number of nitrogens with two attached hydrogens (primary N) is 1. The molecule has 5 atom stereocenters. The second-order valence-electron chi connectivity index (χ2n) is 8.67. The Hall–Kier alpha value is -2.21. The number of fused-ring (bicyclic) bond motifs is 4. The van der Waals surface area contributed by atoms with Gasteiger partial charge in [0.1, 0.15) is 17.9 Å². The van der Waals surface area contributed by atoms with Gasteiger partial charge in [0, 0.05) is 17.5 Å². The predicted octanol–water partition coefficient (Wildman–Crippen LogP) is 1.14. The highest BCUT2D eigenvalue weighted by atomic mass is 16.2. The van der Waals surface area contributed by atoms with Crippen LogP contribution in [0.2, 0.25) is 0 Å². The van der Waals surface area contributed by atoms with Crippen molar-refractivity contribution in [1.29, 1.82) is 0 Å². The zero-order chi connectivity index (χ0) is 19.7. The van der Waals surface area contributed by atoms with Crippen LogP contribution in [0.15, 0.2) is 18.2 Å². The van der Waals surface area contributed by atoms with E-state index < -0.39 is 17.4 Å². The zero-order valence-electron chi connectivity index (χ0n) is 16.6. The minimum Gasteiger partial charge on any atom is -0.326 e. The number of carbonyl (C=O) groups is 3. The topological polar surface area (TPSA) is 83.1 Å². The Morgan fingerprint density at radius 1 is 1.19 bits per heavy atom. The molecule has 3 amide bonds. The maximum absolute atomic E-state index is 13.5. The van der Waals surface area contributed by atoms with Crippen molar-refractivity contribution in [3.05, 3.63) is 29.3 Å². The summed E-state index contributed by atoms with van der Waals surface area (Å²) in [5.41, 5.74) is 1.60. The van der Waals surface area contributed by atoms with Crippen molar-refractivity contribution < 1.29 is 19.7 Å². The highest BCUT2D eigenvalue weighted by Gasteiger charge is 2.74. The normalized spacial score (nSPS) is 33.0. The van der Waals surface area contributed by atoms with E-state index in [1.807, 2.05) is 44.3 Å². The van der Waals surface area contributed by atoms with Crippen LogP contribution < -0.4 is 10.6 Å². The Bertz CT molecular complexity index is 849. The molecule has 27 heavy (non-hydrogen) atoms. The highest BCUT2D eigenvalue weighted by molar-refractivity contribution is 6.14. The fraction of sp³-hybridized carbons (Fsp3) is 0.571. The van der Waals surface area contributed by atoms with E-state index >= 15 is 0 Å². The molecule has 0 radical (unpaired) electrons. The lowest BCUT2D eigenvalue weighted by atomic mass is 9.75. The van der Waals surface area contributed by atoms with Gasteiger partial charge in [-0.3, -0.25) is 19.3 Å². The van der Waals surface area contributed by atoms with E-state index in [9.17, 15) is 14.4 Å². The van der Waals surface area contributed by atoms with Crippen LogP contribution in [0.5, 0.6) is 0 Å². The number of rotatable bonds is 3. The molecule has 2 saturated heterocycles. The molecule has 6 nitrogen and oxygen atoms in total. The third-order valence-electron chi connectivity index (χ3n) is 6.79. The Labute approximate surface area is 159 Å².